The highest BCUT2D eigenvalue weighted by molar-refractivity contribution is 7.14. The maximum absolute atomic E-state index is 4.68. The first kappa shape index (κ1) is 15.0. The Kier molecular flexibility index (Phi) is 4.76. The Hall–Kier alpha value is -1.42. The van der Waals surface area contributed by atoms with E-state index in [1.54, 1.807) is 11.3 Å². The van der Waals surface area contributed by atoms with Crippen molar-refractivity contribution in [2.24, 2.45) is 0 Å². The van der Waals surface area contributed by atoms with Crippen LogP contribution in [0, 0.1) is 6.92 Å². The number of hydrogen-bond donors (Lipinski definition) is 1. The van der Waals surface area contributed by atoms with Crippen molar-refractivity contribution in [1.82, 2.24) is 9.97 Å². The van der Waals surface area contributed by atoms with Gasteiger partial charge in [0.25, 0.3) is 0 Å². The Bertz CT molecular complexity index is 575. The zero-order valence-corrected chi connectivity index (χ0v) is 13.7. The van der Waals surface area contributed by atoms with E-state index in [1.807, 2.05) is 0 Å². The van der Waals surface area contributed by atoms with Gasteiger partial charge in [-0.2, -0.15) is 0 Å². The zero-order chi connectivity index (χ0) is 14.7. The molecule has 0 amide bonds. The van der Waals surface area contributed by atoms with E-state index in [0.29, 0.717) is 12.0 Å². The molecule has 2 heterocycles. The summed E-state index contributed by atoms with van der Waals surface area (Å²) < 4.78 is 0. The summed E-state index contributed by atoms with van der Waals surface area (Å²) in [5.74, 6) is 0.459. The monoisotopic (exact) mass is 289 g/mol. The lowest BCUT2D eigenvalue weighted by atomic mass is 10.1. The number of pyridine rings is 1. The minimum atomic E-state index is 0.455. The summed E-state index contributed by atoms with van der Waals surface area (Å²) in [6.45, 7) is 10.7. The minimum absolute atomic E-state index is 0.455. The summed E-state index contributed by atoms with van der Waals surface area (Å²) >= 11 is 1.66. The molecule has 0 radical (unpaired) electrons. The first-order chi connectivity index (χ1) is 9.51. The fourth-order valence-corrected chi connectivity index (χ4v) is 2.77. The second-order valence-corrected chi connectivity index (χ2v) is 6.37. The predicted octanol–water partition coefficient (Wildman–Crippen LogP) is 4.85. The number of anilines is 1. The van der Waals surface area contributed by atoms with E-state index in [0.717, 1.165) is 34.2 Å². The van der Waals surface area contributed by atoms with Crippen molar-refractivity contribution in [2.45, 2.75) is 53.0 Å². The normalized spacial score (nSPS) is 12.7. The van der Waals surface area contributed by atoms with E-state index in [9.17, 15) is 0 Å². The second kappa shape index (κ2) is 6.35. The van der Waals surface area contributed by atoms with Crippen molar-refractivity contribution in [3.63, 3.8) is 0 Å². The lowest BCUT2D eigenvalue weighted by Gasteiger charge is -2.09. The average molecular weight is 289 g/mol. The molecule has 0 aliphatic heterocycles. The number of nitrogens with zero attached hydrogens (tertiary/aromatic N) is 2. The van der Waals surface area contributed by atoms with E-state index in [-0.39, 0.29) is 0 Å². The third kappa shape index (κ3) is 3.37. The summed E-state index contributed by atoms with van der Waals surface area (Å²) in [7, 11) is 0. The van der Waals surface area contributed by atoms with Gasteiger partial charge in [0.1, 0.15) is 0 Å². The van der Waals surface area contributed by atoms with Crippen LogP contribution < -0.4 is 5.32 Å². The van der Waals surface area contributed by atoms with Gasteiger partial charge in [0.15, 0.2) is 5.13 Å². The largest absolute Gasteiger partial charge is 0.359 e. The van der Waals surface area contributed by atoms with Crippen LogP contribution in [0.2, 0.25) is 0 Å². The third-order valence-corrected chi connectivity index (χ3v) is 4.23. The van der Waals surface area contributed by atoms with Crippen LogP contribution in [-0.2, 0) is 0 Å². The fourth-order valence-electron chi connectivity index (χ4n) is 1.95. The standard InChI is InChI=1S/C16H23N3S/c1-6-11(4)17-16-19-15(9-20-16)13-7-8-14(10(2)3)18-12(13)5/h7-11H,6H2,1-5H3,(H,17,19). The van der Waals surface area contributed by atoms with E-state index in [4.69, 9.17) is 0 Å². The molecule has 0 fully saturated rings. The average Bonchev–Trinajstić information content (AvgIpc) is 2.86. The molecule has 1 unspecified atom stereocenters. The van der Waals surface area contributed by atoms with E-state index >= 15 is 0 Å². The van der Waals surface area contributed by atoms with Crippen molar-refractivity contribution in [3.05, 3.63) is 28.9 Å². The molecule has 0 spiro atoms. The van der Waals surface area contributed by atoms with Gasteiger partial charge in [-0.25, -0.2) is 4.98 Å². The number of hydrogen-bond acceptors (Lipinski definition) is 4. The molecule has 1 atom stereocenters. The molecule has 3 nitrogen and oxygen atoms in total. The van der Waals surface area contributed by atoms with Gasteiger partial charge >= 0.3 is 0 Å². The molecular weight excluding hydrogens is 266 g/mol. The molecule has 0 saturated carbocycles. The summed E-state index contributed by atoms with van der Waals surface area (Å²) in [4.78, 5) is 9.35. The highest BCUT2D eigenvalue weighted by atomic mass is 32.1. The molecule has 108 valence electrons. The van der Waals surface area contributed by atoms with Crippen LogP contribution in [0.4, 0.5) is 5.13 Å². The molecule has 0 aromatic carbocycles. The van der Waals surface area contributed by atoms with Gasteiger partial charge in [0.2, 0.25) is 0 Å². The van der Waals surface area contributed by atoms with Crippen LogP contribution in [0.25, 0.3) is 11.3 Å². The van der Waals surface area contributed by atoms with E-state index in [2.05, 4.69) is 67.4 Å². The van der Waals surface area contributed by atoms with Crippen molar-refractivity contribution in [2.75, 3.05) is 5.32 Å². The molecule has 2 rings (SSSR count). The predicted molar refractivity (Wildman–Crippen MR) is 87.5 cm³/mol. The topological polar surface area (TPSA) is 37.8 Å². The molecule has 0 aliphatic rings. The number of aryl methyl sites for hydroxylation is 1. The van der Waals surface area contributed by atoms with Crippen LogP contribution in [-0.4, -0.2) is 16.0 Å². The lowest BCUT2D eigenvalue weighted by molar-refractivity contribution is 0.763. The number of nitrogens with one attached hydrogen (secondary N) is 1. The Labute approximate surface area is 125 Å². The van der Waals surface area contributed by atoms with Crippen molar-refractivity contribution >= 4 is 16.5 Å². The molecule has 20 heavy (non-hydrogen) atoms. The Morgan fingerprint density at radius 2 is 1.95 bits per heavy atom. The van der Waals surface area contributed by atoms with Gasteiger partial charge in [-0.3, -0.25) is 4.98 Å². The molecule has 0 aliphatic carbocycles. The van der Waals surface area contributed by atoms with Crippen LogP contribution in [0.3, 0.4) is 0 Å². The van der Waals surface area contributed by atoms with Gasteiger partial charge in [0.05, 0.1) is 5.69 Å². The van der Waals surface area contributed by atoms with Gasteiger partial charge in [-0.15, -0.1) is 11.3 Å². The van der Waals surface area contributed by atoms with Crippen molar-refractivity contribution in [3.8, 4) is 11.3 Å². The molecule has 2 aromatic rings. The Morgan fingerprint density at radius 3 is 2.55 bits per heavy atom. The van der Waals surface area contributed by atoms with Gasteiger partial charge < -0.3 is 5.32 Å². The van der Waals surface area contributed by atoms with Crippen LogP contribution in [0.1, 0.15) is 51.4 Å². The molecular formula is C16H23N3S. The lowest BCUT2D eigenvalue weighted by Crippen LogP contribution is -2.12. The smallest absolute Gasteiger partial charge is 0.183 e. The van der Waals surface area contributed by atoms with E-state index < -0.39 is 0 Å². The minimum Gasteiger partial charge on any atom is -0.359 e. The van der Waals surface area contributed by atoms with Crippen molar-refractivity contribution < 1.29 is 0 Å². The summed E-state index contributed by atoms with van der Waals surface area (Å²) in [6.07, 6.45) is 1.10. The number of rotatable bonds is 5. The van der Waals surface area contributed by atoms with Gasteiger partial charge in [-0.1, -0.05) is 20.8 Å². The first-order valence-corrected chi connectivity index (χ1v) is 8.09. The van der Waals surface area contributed by atoms with Crippen LogP contribution >= 0.6 is 11.3 Å². The van der Waals surface area contributed by atoms with Gasteiger partial charge in [-0.05, 0) is 38.3 Å². The fraction of sp³-hybridized carbons (Fsp3) is 0.500. The van der Waals surface area contributed by atoms with Crippen LogP contribution in [0.15, 0.2) is 17.5 Å². The molecule has 0 saturated heterocycles. The maximum atomic E-state index is 4.68. The molecule has 4 heteroatoms. The van der Waals surface area contributed by atoms with Crippen LogP contribution in [0.5, 0.6) is 0 Å². The molecule has 1 N–H and O–H groups in total. The Morgan fingerprint density at radius 1 is 1.20 bits per heavy atom. The molecule has 0 bridgehead atoms. The highest BCUT2D eigenvalue weighted by Gasteiger charge is 2.11. The van der Waals surface area contributed by atoms with Gasteiger partial charge in [0, 0.05) is 28.4 Å². The quantitative estimate of drug-likeness (QED) is 0.855. The summed E-state index contributed by atoms with van der Waals surface area (Å²) in [5, 5.41) is 6.51. The zero-order valence-electron chi connectivity index (χ0n) is 12.9. The summed E-state index contributed by atoms with van der Waals surface area (Å²) in [5.41, 5.74) is 4.33. The first-order valence-electron chi connectivity index (χ1n) is 7.21. The highest BCUT2D eigenvalue weighted by Crippen LogP contribution is 2.28. The SMILES string of the molecule is CCC(C)Nc1nc(-c2ccc(C(C)C)nc2C)cs1. The summed E-state index contributed by atoms with van der Waals surface area (Å²) in [6, 6.07) is 4.70. The number of thiazole rings is 1. The molecule has 2 aromatic heterocycles. The van der Waals surface area contributed by atoms with Crippen molar-refractivity contribution in [1.29, 1.82) is 0 Å². The van der Waals surface area contributed by atoms with E-state index in [1.165, 1.54) is 0 Å². The maximum Gasteiger partial charge on any atom is 0.183 e. The number of aromatic nitrogens is 2. The third-order valence-electron chi connectivity index (χ3n) is 3.46. The Balaban J connectivity index is 2.24. The second-order valence-electron chi connectivity index (χ2n) is 5.52.